The predicted octanol–water partition coefficient (Wildman–Crippen LogP) is 4.25. The average molecular weight is 355 g/mol. The van der Waals surface area contributed by atoms with Crippen LogP contribution in [0.25, 0.3) is 0 Å². The van der Waals surface area contributed by atoms with Crippen LogP contribution in [-0.4, -0.2) is 20.1 Å². The Kier molecular flexibility index (Phi) is 6.67. The van der Waals surface area contributed by atoms with E-state index in [9.17, 15) is 4.79 Å². The quantitative estimate of drug-likeness (QED) is 0.808. The predicted molar refractivity (Wildman–Crippen MR) is 105 cm³/mol. The molecule has 0 aliphatic heterocycles. The number of hydrogen-bond donors (Lipinski definition) is 1. The van der Waals surface area contributed by atoms with E-state index in [1.54, 1.807) is 14.2 Å². The van der Waals surface area contributed by atoms with Crippen LogP contribution >= 0.6 is 0 Å². The second-order valence-corrected chi connectivity index (χ2v) is 7.38. The number of carbonyl (C=O) groups excluding carboxylic acids is 1. The Labute approximate surface area is 156 Å². The number of carbonyl (C=O) groups is 1. The minimum absolute atomic E-state index is 0.0229. The van der Waals surface area contributed by atoms with Crippen molar-refractivity contribution in [2.45, 2.75) is 45.6 Å². The zero-order valence-electron chi connectivity index (χ0n) is 16.4. The molecule has 1 N–H and O–H groups in total. The van der Waals surface area contributed by atoms with Gasteiger partial charge in [-0.1, -0.05) is 57.2 Å². The molecule has 0 saturated heterocycles. The fraction of sp³-hybridized carbons (Fsp3) is 0.409. The number of ether oxygens (including phenoxy) is 2. The van der Waals surface area contributed by atoms with E-state index in [2.05, 4.69) is 50.4 Å². The summed E-state index contributed by atoms with van der Waals surface area (Å²) in [4.78, 5) is 12.2. The molecule has 0 atom stereocenters. The molecule has 4 heteroatoms. The van der Waals surface area contributed by atoms with Gasteiger partial charge in [0.2, 0.25) is 5.91 Å². The summed E-state index contributed by atoms with van der Waals surface area (Å²) in [6.45, 7) is 7.01. The normalized spacial score (nSPS) is 11.1. The number of hydrogen-bond acceptors (Lipinski definition) is 3. The molecule has 26 heavy (non-hydrogen) atoms. The van der Waals surface area contributed by atoms with E-state index < -0.39 is 0 Å². The van der Waals surface area contributed by atoms with Gasteiger partial charge in [-0.05, 0) is 29.0 Å². The molecule has 0 aliphatic carbocycles. The number of methoxy groups -OCH3 is 2. The van der Waals surface area contributed by atoms with Crippen molar-refractivity contribution < 1.29 is 14.3 Å². The Morgan fingerprint density at radius 1 is 1.00 bits per heavy atom. The van der Waals surface area contributed by atoms with Crippen molar-refractivity contribution in [3.8, 4) is 11.5 Å². The Hall–Kier alpha value is -2.49. The number of nitrogens with one attached hydrogen (secondary N) is 1. The lowest BCUT2D eigenvalue weighted by Gasteiger charge is -2.19. The van der Waals surface area contributed by atoms with Crippen molar-refractivity contribution in [2.75, 3.05) is 14.2 Å². The van der Waals surface area contributed by atoms with Gasteiger partial charge in [-0.15, -0.1) is 0 Å². The summed E-state index contributed by atoms with van der Waals surface area (Å²) >= 11 is 0. The van der Waals surface area contributed by atoms with Crippen LogP contribution in [-0.2, 0) is 23.2 Å². The van der Waals surface area contributed by atoms with Crippen LogP contribution in [0.5, 0.6) is 11.5 Å². The summed E-state index contributed by atoms with van der Waals surface area (Å²) < 4.78 is 10.7. The summed E-state index contributed by atoms with van der Waals surface area (Å²) in [7, 11) is 3.20. The molecule has 2 aromatic rings. The Morgan fingerprint density at radius 3 is 2.27 bits per heavy atom. The molecule has 140 valence electrons. The van der Waals surface area contributed by atoms with E-state index in [-0.39, 0.29) is 11.3 Å². The summed E-state index contributed by atoms with van der Waals surface area (Å²) in [5.74, 6) is 1.35. The minimum Gasteiger partial charge on any atom is -0.493 e. The van der Waals surface area contributed by atoms with Crippen molar-refractivity contribution in [3.05, 3.63) is 59.2 Å². The third-order valence-corrected chi connectivity index (χ3v) is 4.42. The second-order valence-electron chi connectivity index (χ2n) is 7.38. The molecule has 2 aromatic carbocycles. The first-order valence-electron chi connectivity index (χ1n) is 8.91. The highest BCUT2D eigenvalue weighted by Crippen LogP contribution is 2.30. The topological polar surface area (TPSA) is 47.6 Å². The maximum atomic E-state index is 12.2. The molecule has 0 spiro atoms. The Morgan fingerprint density at radius 2 is 1.69 bits per heavy atom. The van der Waals surface area contributed by atoms with Crippen molar-refractivity contribution in [1.29, 1.82) is 0 Å². The van der Waals surface area contributed by atoms with Gasteiger partial charge in [0.05, 0.1) is 14.2 Å². The molecular weight excluding hydrogens is 326 g/mol. The van der Waals surface area contributed by atoms with Crippen molar-refractivity contribution in [1.82, 2.24) is 5.32 Å². The fourth-order valence-electron chi connectivity index (χ4n) is 2.80. The van der Waals surface area contributed by atoms with Gasteiger partial charge in [0.15, 0.2) is 11.5 Å². The van der Waals surface area contributed by atoms with Crippen LogP contribution in [0.1, 0.15) is 43.9 Å². The number of rotatable bonds is 7. The Balaban J connectivity index is 1.88. The summed E-state index contributed by atoms with van der Waals surface area (Å²) in [6, 6.07) is 14.2. The number of para-hydroxylation sites is 1. The summed E-state index contributed by atoms with van der Waals surface area (Å²) in [5.41, 5.74) is 3.52. The first-order chi connectivity index (χ1) is 12.3. The molecule has 0 unspecified atom stereocenters. The molecule has 2 rings (SSSR count). The van der Waals surface area contributed by atoms with E-state index in [1.165, 1.54) is 11.1 Å². The molecule has 0 saturated carbocycles. The summed E-state index contributed by atoms with van der Waals surface area (Å²) in [5, 5.41) is 2.96. The number of aryl methyl sites for hydroxylation is 1. The van der Waals surface area contributed by atoms with Gasteiger partial charge in [-0.3, -0.25) is 4.79 Å². The maximum Gasteiger partial charge on any atom is 0.220 e. The molecular formula is C22H29NO3. The first-order valence-corrected chi connectivity index (χ1v) is 8.91. The monoisotopic (exact) mass is 355 g/mol. The lowest BCUT2D eigenvalue weighted by molar-refractivity contribution is -0.121. The second kappa shape index (κ2) is 8.75. The van der Waals surface area contributed by atoms with Crippen molar-refractivity contribution >= 4 is 5.91 Å². The molecule has 0 aliphatic rings. The first kappa shape index (κ1) is 19.8. The molecule has 0 aromatic heterocycles. The largest absolute Gasteiger partial charge is 0.493 e. The van der Waals surface area contributed by atoms with E-state index in [4.69, 9.17) is 9.47 Å². The van der Waals surface area contributed by atoms with Crippen molar-refractivity contribution in [2.24, 2.45) is 0 Å². The van der Waals surface area contributed by atoms with E-state index >= 15 is 0 Å². The van der Waals surface area contributed by atoms with Gasteiger partial charge in [0, 0.05) is 18.5 Å². The van der Waals surface area contributed by atoms with E-state index in [0.717, 1.165) is 12.0 Å². The smallest absolute Gasteiger partial charge is 0.220 e. The van der Waals surface area contributed by atoms with Crippen molar-refractivity contribution in [3.63, 3.8) is 0 Å². The van der Waals surface area contributed by atoms with Gasteiger partial charge in [0.1, 0.15) is 0 Å². The van der Waals surface area contributed by atoms with E-state index in [0.29, 0.717) is 24.5 Å². The van der Waals surface area contributed by atoms with E-state index in [1.807, 2.05) is 18.2 Å². The van der Waals surface area contributed by atoms with Crippen LogP contribution in [0.2, 0.25) is 0 Å². The minimum atomic E-state index is 0.0229. The van der Waals surface area contributed by atoms with Crippen LogP contribution < -0.4 is 14.8 Å². The lowest BCUT2D eigenvalue weighted by Crippen LogP contribution is -2.23. The SMILES string of the molecule is COc1cccc(CNC(=O)CCc2ccc(C(C)(C)C)cc2)c1OC. The van der Waals surface area contributed by atoms with Crippen LogP contribution in [0.4, 0.5) is 0 Å². The fourth-order valence-corrected chi connectivity index (χ4v) is 2.80. The van der Waals surface area contributed by atoms with Crippen LogP contribution in [0.15, 0.2) is 42.5 Å². The summed E-state index contributed by atoms with van der Waals surface area (Å²) in [6.07, 6.45) is 1.19. The third-order valence-electron chi connectivity index (χ3n) is 4.42. The third kappa shape index (κ3) is 5.25. The highest BCUT2D eigenvalue weighted by molar-refractivity contribution is 5.76. The number of amides is 1. The molecule has 0 bridgehead atoms. The average Bonchev–Trinajstić information content (AvgIpc) is 2.63. The highest BCUT2D eigenvalue weighted by atomic mass is 16.5. The zero-order valence-corrected chi connectivity index (χ0v) is 16.4. The van der Waals surface area contributed by atoms with Gasteiger partial charge in [-0.25, -0.2) is 0 Å². The van der Waals surface area contributed by atoms with Crippen LogP contribution in [0, 0.1) is 0 Å². The molecule has 0 radical (unpaired) electrons. The Bertz CT molecular complexity index is 730. The lowest BCUT2D eigenvalue weighted by atomic mass is 9.86. The molecule has 1 amide bonds. The van der Waals surface area contributed by atoms with Crippen LogP contribution in [0.3, 0.4) is 0 Å². The van der Waals surface area contributed by atoms with Gasteiger partial charge in [-0.2, -0.15) is 0 Å². The molecule has 0 fully saturated rings. The standard InChI is InChI=1S/C22H29NO3/c1-22(2,3)18-12-9-16(10-13-18)11-14-20(24)23-15-17-7-6-8-19(25-4)21(17)26-5/h6-10,12-13H,11,14-15H2,1-5H3,(H,23,24). The number of benzene rings is 2. The van der Waals surface area contributed by atoms with Gasteiger partial charge in [0.25, 0.3) is 0 Å². The van der Waals surface area contributed by atoms with Gasteiger partial charge < -0.3 is 14.8 Å². The van der Waals surface area contributed by atoms with Gasteiger partial charge >= 0.3 is 0 Å². The molecule has 0 heterocycles. The maximum absolute atomic E-state index is 12.2. The highest BCUT2D eigenvalue weighted by Gasteiger charge is 2.13. The molecule has 4 nitrogen and oxygen atoms in total. The zero-order chi connectivity index (χ0) is 19.2.